The second-order valence-corrected chi connectivity index (χ2v) is 6.10. The van der Waals surface area contributed by atoms with Gasteiger partial charge in [-0.05, 0) is 25.8 Å². The quantitative estimate of drug-likeness (QED) is 0.177. The lowest BCUT2D eigenvalue weighted by atomic mass is 10.2. The molecule has 150 valence electrons. The third kappa shape index (κ3) is 7.79. The maximum atomic E-state index is 11.0. The SMILES string of the molecule is CCNC(=NCCCOC1CCOC1)NCCNc1ccccc1[N+](=O)[O-]. The molecular formula is C18H29N5O4. The van der Waals surface area contributed by atoms with Crippen LogP contribution >= 0.6 is 0 Å². The highest BCUT2D eigenvalue weighted by Gasteiger charge is 2.15. The van der Waals surface area contributed by atoms with Gasteiger partial charge in [-0.3, -0.25) is 15.1 Å². The molecule has 1 aromatic rings. The number of hydrogen-bond donors (Lipinski definition) is 3. The third-order valence-electron chi connectivity index (χ3n) is 3.99. The van der Waals surface area contributed by atoms with Gasteiger partial charge in [0.05, 0.1) is 17.6 Å². The van der Waals surface area contributed by atoms with Crippen LogP contribution in [0.2, 0.25) is 0 Å². The summed E-state index contributed by atoms with van der Waals surface area (Å²) in [5.74, 6) is 0.728. The fourth-order valence-corrected chi connectivity index (χ4v) is 2.65. The molecule has 0 saturated carbocycles. The summed E-state index contributed by atoms with van der Waals surface area (Å²) in [4.78, 5) is 15.1. The van der Waals surface area contributed by atoms with Crippen LogP contribution in [0.3, 0.4) is 0 Å². The van der Waals surface area contributed by atoms with Gasteiger partial charge in [-0.1, -0.05) is 12.1 Å². The smallest absolute Gasteiger partial charge is 0.292 e. The second kappa shape index (κ2) is 12.1. The van der Waals surface area contributed by atoms with Gasteiger partial charge in [0, 0.05) is 45.5 Å². The van der Waals surface area contributed by atoms with Crippen LogP contribution in [0.4, 0.5) is 11.4 Å². The summed E-state index contributed by atoms with van der Waals surface area (Å²) in [6.07, 6.45) is 2.05. The van der Waals surface area contributed by atoms with Crippen molar-refractivity contribution in [3.63, 3.8) is 0 Å². The average Bonchev–Trinajstić information content (AvgIpc) is 3.18. The van der Waals surface area contributed by atoms with E-state index in [-0.39, 0.29) is 16.7 Å². The van der Waals surface area contributed by atoms with Crippen molar-refractivity contribution in [3.05, 3.63) is 34.4 Å². The number of ether oxygens (including phenoxy) is 2. The monoisotopic (exact) mass is 379 g/mol. The van der Waals surface area contributed by atoms with E-state index in [1.165, 1.54) is 6.07 Å². The molecule has 0 aromatic heterocycles. The highest BCUT2D eigenvalue weighted by atomic mass is 16.6. The summed E-state index contributed by atoms with van der Waals surface area (Å²) in [5.41, 5.74) is 0.588. The van der Waals surface area contributed by atoms with Gasteiger partial charge in [0.1, 0.15) is 5.69 Å². The average molecular weight is 379 g/mol. The van der Waals surface area contributed by atoms with E-state index < -0.39 is 0 Å². The predicted molar refractivity (Wildman–Crippen MR) is 105 cm³/mol. The maximum Gasteiger partial charge on any atom is 0.292 e. The number of guanidine groups is 1. The largest absolute Gasteiger partial charge is 0.379 e. The van der Waals surface area contributed by atoms with E-state index in [9.17, 15) is 10.1 Å². The van der Waals surface area contributed by atoms with Crippen LogP contribution in [0, 0.1) is 10.1 Å². The molecular weight excluding hydrogens is 350 g/mol. The zero-order valence-electron chi connectivity index (χ0n) is 15.8. The number of nitrogens with one attached hydrogen (secondary N) is 3. The first-order valence-electron chi connectivity index (χ1n) is 9.39. The number of rotatable bonds is 11. The van der Waals surface area contributed by atoms with Gasteiger partial charge in [-0.2, -0.15) is 0 Å². The topological polar surface area (TPSA) is 110 Å². The molecule has 0 bridgehead atoms. The second-order valence-electron chi connectivity index (χ2n) is 6.10. The molecule has 2 rings (SSSR count). The number of anilines is 1. The summed E-state index contributed by atoms with van der Waals surface area (Å²) < 4.78 is 11.0. The predicted octanol–water partition coefficient (Wildman–Crippen LogP) is 1.76. The van der Waals surface area contributed by atoms with Gasteiger partial charge in [0.15, 0.2) is 5.96 Å². The van der Waals surface area contributed by atoms with Crippen LogP contribution < -0.4 is 16.0 Å². The van der Waals surface area contributed by atoms with E-state index in [1.54, 1.807) is 18.2 Å². The van der Waals surface area contributed by atoms with Crippen molar-refractivity contribution in [2.75, 3.05) is 51.3 Å². The Kier molecular flexibility index (Phi) is 9.36. The molecule has 0 spiro atoms. The first-order chi connectivity index (χ1) is 13.2. The number of benzene rings is 1. The number of nitro benzene ring substituents is 1. The van der Waals surface area contributed by atoms with Crippen LogP contribution in [0.5, 0.6) is 0 Å². The van der Waals surface area contributed by atoms with Gasteiger partial charge in [-0.15, -0.1) is 0 Å². The molecule has 1 aliphatic rings. The van der Waals surface area contributed by atoms with E-state index in [0.29, 0.717) is 38.5 Å². The molecule has 1 saturated heterocycles. The minimum absolute atomic E-state index is 0.0748. The van der Waals surface area contributed by atoms with Gasteiger partial charge < -0.3 is 25.4 Å². The van der Waals surface area contributed by atoms with E-state index in [2.05, 4.69) is 20.9 Å². The van der Waals surface area contributed by atoms with Crippen LogP contribution in [0.15, 0.2) is 29.3 Å². The third-order valence-corrected chi connectivity index (χ3v) is 3.99. The fourth-order valence-electron chi connectivity index (χ4n) is 2.65. The van der Waals surface area contributed by atoms with Crippen molar-refractivity contribution >= 4 is 17.3 Å². The molecule has 9 nitrogen and oxygen atoms in total. The van der Waals surface area contributed by atoms with Gasteiger partial charge in [0.25, 0.3) is 5.69 Å². The molecule has 1 heterocycles. The van der Waals surface area contributed by atoms with Crippen LogP contribution in [0.1, 0.15) is 19.8 Å². The van der Waals surface area contributed by atoms with Crippen LogP contribution in [0.25, 0.3) is 0 Å². The van der Waals surface area contributed by atoms with Crippen molar-refractivity contribution in [1.82, 2.24) is 10.6 Å². The van der Waals surface area contributed by atoms with Crippen molar-refractivity contribution in [1.29, 1.82) is 0 Å². The zero-order chi connectivity index (χ0) is 19.3. The van der Waals surface area contributed by atoms with Gasteiger partial charge in [-0.25, -0.2) is 0 Å². The Morgan fingerprint density at radius 2 is 2.22 bits per heavy atom. The Morgan fingerprint density at radius 3 is 2.96 bits per heavy atom. The fraction of sp³-hybridized carbons (Fsp3) is 0.611. The minimum Gasteiger partial charge on any atom is -0.379 e. The van der Waals surface area contributed by atoms with E-state index >= 15 is 0 Å². The molecule has 1 fully saturated rings. The van der Waals surface area contributed by atoms with Crippen LogP contribution in [-0.4, -0.2) is 63.0 Å². The maximum absolute atomic E-state index is 11.0. The lowest BCUT2D eigenvalue weighted by Crippen LogP contribution is -2.39. The van der Waals surface area contributed by atoms with Crippen molar-refractivity contribution in [2.45, 2.75) is 25.9 Å². The summed E-state index contributed by atoms with van der Waals surface area (Å²) in [7, 11) is 0. The Labute approximate surface area is 159 Å². The highest BCUT2D eigenvalue weighted by Crippen LogP contribution is 2.22. The lowest BCUT2D eigenvalue weighted by Gasteiger charge is -2.13. The van der Waals surface area contributed by atoms with E-state index in [4.69, 9.17) is 9.47 Å². The molecule has 0 amide bonds. The number of hydrogen-bond acceptors (Lipinski definition) is 6. The Balaban J connectivity index is 1.66. The van der Waals surface area contributed by atoms with Gasteiger partial charge in [0.2, 0.25) is 0 Å². The minimum atomic E-state index is -0.388. The standard InChI is InChI=1S/C18H29N5O4/c1-2-19-18(21-9-5-12-27-15-8-13-26-14-15)22-11-10-20-16-6-3-4-7-17(16)23(24)25/h3-4,6-7,15,20H,2,5,8-14H2,1H3,(H2,19,21,22). The highest BCUT2D eigenvalue weighted by molar-refractivity contribution is 5.79. The molecule has 1 aliphatic heterocycles. The van der Waals surface area contributed by atoms with Crippen molar-refractivity contribution in [2.24, 2.45) is 4.99 Å². The Hall–Kier alpha value is -2.39. The van der Waals surface area contributed by atoms with Crippen molar-refractivity contribution in [3.8, 4) is 0 Å². The molecule has 3 N–H and O–H groups in total. The number of nitrogens with zero attached hydrogens (tertiary/aromatic N) is 2. The first kappa shape index (κ1) is 20.9. The van der Waals surface area contributed by atoms with Gasteiger partial charge >= 0.3 is 0 Å². The molecule has 9 heteroatoms. The first-order valence-corrected chi connectivity index (χ1v) is 9.39. The molecule has 1 atom stereocenters. The molecule has 1 unspecified atom stereocenters. The summed E-state index contributed by atoms with van der Waals surface area (Å²) in [6, 6.07) is 6.61. The molecule has 0 aliphatic carbocycles. The normalized spacial score (nSPS) is 16.9. The number of para-hydroxylation sites is 2. The van der Waals surface area contributed by atoms with Crippen molar-refractivity contribution < 1.29 is 14.4 Å². The zero-order valence-corrected chi connectivity index (χ0v) is 15.8. The summed E-state index contributed by atoms with van der Waals surface area (Å²) in [5, 5.41) is 20.5. The Morgan fingerprint density at radius 1 is 1.37 bits per heavy atom. The van der Waals surface area contributed by atoms with E-state index in [0.717, 1.165) is 32.0 Å². The number of aliphatic imine (C=N–C) groups is 1. The summed E-state index contributed by atoms with van der Waals surface area (Å²) >= 11 is 0. The molecule has 1 aromatic carbocycles. The summed E-state index contributed by atoms with van der Waals surface area (Å²) in [6.45, 7) is 6.73. The Bertz CT molecular complexity index is 605. The van der Waals surface area contributed by atoms with E-state index in [1.807, 2.05) is 6.92 Å². The molecule has 27 heavy (non-hydrogen) atoms. The molecule has 0 radical (unpaired) electrons. The number of nitro groups is 1. The van der Waals surface area contributed by atoms with Crippen LogP contribution in [-0.2, 0) is 9.47 Å². The lowest BCUT2D eigenvalue weighted by molar-refractivity contribution is -0.384.